The minimum Gasteiger partial charge on any atom is -0.494 e. The van der Waals surface area contributed by atoms with Crippen LogP contribution in [0.1, 0.15) is 279 Å². The maximum absolute atomic E-state index is 12.6. The number of esters is 9. The summed E-state index contributed by atoms with van der Waals surface area (Å²) in [5, 5.41) is 0.608. The molecule has 0 amide bonds. The number of hydrogen-bond acceptors (Lipinski definition) is 29. The summed E-state index contributed by atoms with van der Waals surface area (Å²) in [5.41, 5.74) is 8.32. The molecule has 0 saturated carbocycles. The molecule has 0 aliphatic heterocycles. The van der Waals surface area contributed by atoms with E-state index in [1.54, 1.807) is 207 Å². The van der Waals surface area contributed by atoms with Crippen LogP contribution in [0.4, 0.5) is 4.39 Å². The number of hydrogen-bond donors (Lipinski definition) is 0. The average molecular weight is 2110 g/mol. The molecule has 0 unspecified atom stereocenters. The van der Waals surface area contributed by atoms with Crippen molar-refractivity contribution in [3.8, 4) is 23.0 Å². The molecular formula is C119H164ClFO29. The number of benzene rings is 9. The first kappa shape index (κ1) is 135. The summed E-state index contributed by atoms with van der Waals surface area (Å²) in [4.78, 5) is 103. The monoisotopic (exact) mass is 2110 g/mol. The van der Waals surface area contributed by atoms with Crippen LogP contribution in [-0.4, -0.2) is 237 Å². The molecule has 29 nitrogen and oxygen atoms in total. The second kappa shape index (κ2) is 92.5. The van der Waals surface area contributed by atoms with Gasteiger partial charge in [0.25, 0.3) is 0 Å². The summed E-state index contributed by atoms with van der Waals surface area (Å²) < 4.78 is 114. The third-order valence-corrected chi connectivity index (χ3v) is 20.9. The van der Waals surface area contributed by atoms with Crippen molar-refractivity contribution in [2.45, 2.75) is 190 Å². The minimum atomic E-state index is -0.419. The van der Waals surface area contributed by atoms with Gasteiger partial charge in [-0.15, -0.1) is 0 Å². The Morgan fingerprint density at radius 1 is 0.200 bits per heavy atom. The Labute approximate surface area is 894 Å². The minimum absolute atomic E-state index is 0.252. The highest BCUT2D eigenvalue weighted by atomic mass is 35.5. The lowest BCUT2D eigenvalue weighted by Gasteiger charge is -2.06. The van der Waals surface area contributed by atoms with E-state index in [0.717, 1.165) is 162 Å². The fraction of sp³-hybridized carbons (Fsp3) is 0.471. The van der Waals surface area contributed by atoms with Crippen molar-refractivity contribution in [3.05, 3.63) is 296 Å². The largest absolute Gasteiger partial charge is 0.494 e. The number of carbonyl (C=O) groups is 9. The number of unbranched alkanes of at least 4 members (excludes halogenated alkanes) is 12. The van der Waals surface area contributed by atoms with Crippen LogP contribution in [0.15, 0.2) is 218 Å². The number of halogens is 2. The molecule has 0 saturated heterocycles. The van der Waals surface area contributed by atoms with Crippen LogP contribution >= 0.6 is 11.6 Å². The third-order valence-electron chi connectivity index (χ3n) is 20.7. The molecule has 9 aromatic rings. The van der Waals surface area contributed by atoms with Gasteiger partial charge in [0.2, 0.25) is 0 Å². The van der Waals surface area contributed by atoms with Crippen molar-refractivity contribution in [2.75, 3.05) is 183 Å². The highest BCUT2D eigenvalue weighted by molar-refractivity contribution is 6.30. The van der Waals surface area contributed by atoms with E-state index in [2.05, 4.69) is 30.2 Å². The molecule has 0 N–H and O–H groups in total. The van der Waals surface area contributed by atoms with Gasteiger partial charge in [-0.1, -0.05) is 118 Å². The van der Waals surface area contributed by atoms with Gasteiger partial charge >= 0.3 is 53.7 Å². The first-order valence-electron chi connectivity index (χ1n) is 51.2. The van der Waals surface area contributed by atoms with Crippen LogP contribution < -0.4 is 18.9 Å². The normalized spacial score (nSPS) is 10.1. The number of rotatable bonds is 60. The van der Waals surface area contributed by atoms with Crippen LogP contribution in [0.3, 0.4) is 0 Å². The van der Waals surface area contributed by atoms with E-state index >= 15 is 0 Å². The van der Waals surface area contributed by atoms with Crippen LogP contribution in [-0.2, 0) is 75.8 Å². The zero-order chi connectivity index (χ0) is 110. The van der Waals surface area contributed by atoms with E-state index in [-0.39, 0.29) is 53.6 Å². The fourth-order valence-corrected chi connectivity index (χ4v) is 12.2. The first-order chi connectivity index (χ1) is 72.8. The Kier molecular flexibility index (Phi) is 83.4. The van der Waals surface area contributed by atoms with E-state index in [4.69, 9.17) is 96.9 Å². The topological polar surface area (TPSA) is 338 Å². The Hall–Kier alpha value is -12.7. The lowest BCUT2D eigenvalue weighted by Crippen LogP contribution is -2.07. The molecule has 0 fully saturated rings. The van der Waals surface area contributed by atoms with Crippen molar-refractivity contribution in [1.29, 1.82) is 0 Å². The SMILES string of the molecule is CCCCCCOc1ccc(C(=O)OC)cc1.CCCCCOc1ccc(C(=O)OC)cc1.CCCOc1ccc(C(=O)OCCCCOC)cc1.CCOc1ccc(C(=O)OCCCCOC)cc1.COCCCCOC(=O)c1ccc(C)cc1.COCCCCOC(=O)c1ccc(C)cc1.COCCCCOC(=O)c1ccc(C)cc1.COCCCCOC(=O)c1ccc(Cl)cc1.COCCCCOC(=O)c1ccc(F)cc1. The predicted molar refractivity (Wildman–Crippen MR) is 581 cm³/mol. The molecule has 0 aliphatic rings. The van der Waals surface area contributed by atoms with E-state index in [0.29, 0.717) is 161 Å². The molecular weight excluding hydrogens is 1950 g/mol. The maximum Gasteiger partial charge on any atom is 0.338 e. The highest BCUT2D eigenvalue weighted by Crippen LogP contribution is 2.21. The summed E-state index contributed by atoms with van der Waals surface area (Å²) in [6.07, 6.45) is 21.2. The lowest BCUT2D eigenvalue weighted by molar-refractivity contribution is 0.0480. The van der Waals surface area contributed by atoms with E-state index < -0.39 is 5.97 Å². The molecule has 0 aliphatic carbocycles. The third kappa shape index (κ3) is 70.4. The molecule has 0 bridgehead atoms. The van der Waals surface area contributed by atoms with Gasteiger partial charge in [-0.05, 0) is 319 Å². The molecule has 150 heavy (non-hydrogen) atoms. The summed E-state index contributed by atoms with van der Waals surface area (Å²) in [7, 11) is 14.3. The van der Waals surface area contributed by atoms with E-state index in [1.165, 1.54) is 70.6 Å². The Balaban J connectivity index is 0.000000844. The molecule has 0 atom stereocenters. The van der Waals surface area contributed by atoms with Crippen molar-refractivity contribution >= 4 is 65.3 Å². The van der Waals surface area contributed by atoms with Gasteiger partial charge < -0.3 is 94.7 Å². The standard InChI is InChI=1S/C15H22O4.C14H20O4.C14H20O3.4C13H18O3.C12H15ClO3.C12H15FO3/c1-3-10-18-14-8-6-13(7-9-14)15(16)19-12-5-4-11-17-2;1-3-17-13-8-6-12(7-9-13)14(15)18-11-5-4-10-16-2;1-3-4-5-6-11-17-13-9-7-12(8-10-13)14(15)16-2;3*1-11-5-7-12(8-6-11)13(14)16-10-4-3-9-15-2;1-3-4-5-10-16-12-8-6-11(7-9-12)13(14)15-2;2*1-15-8-2-3-9-16-12(14)10-4-6-11(13)7-5-10/h6-9H,3-5,10-12H2,1-2H3;6-9H,3-5,10-11H2,1-2H3;7-10H,3-6,11H2,1-2H3;3*5-8H,3-4,9-10H2,1-2H3;6-9H,3-5,10H2,1-2H3;2*4-7H,2-3,8-9H2,1H3. The zero-order valence-electron chi connectivity index (χ0n) is 91.2. The van der Waals surface area contributed by atoms with Crippen LogP contribution in [0.5, 0.6) is 23.0 Å². The number of aryl methyl sites for hydroxylation is 3. The number of ether oxygens (including phenoxy) is 20. The van der Waals surface area contributed by atoms with Crippen molar-refractivity contribution in [1.82, 2.24) is 0 Å². The van der Waals surface area contributed by atoms with Gasteiger partial charge in [0.1, 0.15) is 28.8 Å². The second-order valence-electron chi connectivity index (χ2n) is 33.3. The predicted octanol–water partition coefficient (Wildman–Crippen LogP) is 25.3. The van der Waals surface area contributed by atoms with Gasteiger partial charge in [0, 0.05) is 101 Å². The van der Waals surface area contributed by atoms with Gasteiger partial charge in [-0.2, -0.15) is 0 Å². The number of methoxy groups -OCH3 is 9. The zero-order valence-corrected chi connectivity index (χ0v) is 91.9. The molecule has 0 heterocycles. The first-order valence-corrected chi connectivity index (χ1v) is 51.6. The van der Waals surface area contributed by atoms with Crippen LogP contribution in [0.25, 0.3) is 0 Å². The lowest BCUT2D eigenvalue weighted by atomic mass is 10.1. The molecule has 31 heteroatoms. The van der Waals surface area contributed by atoms with Gasteiger partial charge in [-0.3, -0.25) is 0 Å². The number of carbonyl (C=O) groups excluding carboxylic acids is 9. The Bertz CT molecular complexity index is 4520. The van der Waals surface area contributed by atoms with Gasteiger partial charge in [0.15, 0.2) is 0 Å². The summed E-state index contributed by atoms with van der Waals surface area (Å²) in [5.74, 6) is 0.0490. The summed E-state index contributed by atoms with van der Waals surface area (Å²) in [6, 6.07) is 62.1. The van der Waals surface area contributed by atoms with Gasteiger partial charge in [-0.25, -0.2) is 47.5 Å². The molecule has 0 spiro atoms. The quantitative estimate of drug-likeness (QED) is 0.0194. The van der Waals surface area contributed by atoms with Crippen LogP contribution in [0.2, 0.25) is 5.02 Å². The smallest absolute Gasteiger partial charge is 0.338 e. The molecule has 9 aromatic carbocycles. The average Bonchev–Trinajstić information content (AvgIpc) is 0.885. The van der Waals surface area contributed by atoms with Crippen molar-refractivity contribution in [2.24, 2.45) is 0 Å². The molecule has 0 aromatic heterocycles. The highest BCUT2D eigenvalue weighted by Gasteiger charge is 2.15. The Morgan fingerprint density at radius 3 is 0.593 bits per heavy atom. The summed E-state index contributed by atoms with van der Waals surface area (Å²) >= 11 is 5.71. The molecule has 0 radical (unpaired) electrons. The van der Waals surface area contributed by atoms with Gasteiger partial charge in [0.05, 0.1) is 137 Å². The van der Waals surface area contributed by atoms with E-state index in [1.807, 2.05) is 64.1 Å². The fourth-order valence-electron chi connectivity index (χ4n) is 12.0. The van der Waals surface area contributed by atoms with E-state index in [9.17, 15) is 47.5 Å². The summed E-state index contributed by atoms with van der Waals surface area (Å²) in [6.45, 7) is 24.9. The van der Waals surface area contributed by atoms with Crippen molar-refractivity contribution < 1.29 is 142 Å². The molecule has 828 valence electrons. The maximum atomic E-state index is 12.6. The molecule has 9 rings (SSSR count). The van der Waals surface area contributed by atoms with Crippen molar-refractivity contribution in [3.63, 3.8) is 0 Å². The van der Waals surface area contributed by atoms with Crippen LogP contribution in [0, 0.1) is 26.6 Å². The second-order valence-corrected chi connectivity index (χ2v) is 33.7. The Morgan fingerprint density at radius 2 is 0.380 bits per heavy atom.